The van der Waals surface area contributed by atoms with E-state index in [-0.39, 0.29) is 0 Å². The van der Waals surface area contributed by atoms with Gasteiger partial charge < -0.3 is 5.32 Å². The molecular formula is C6H14NP. The number of likely N-dealkylation sites (N-methyl/N-ethyl adjacent to an activating group) is 1. The van der Waals surface area contributed by atoms with E-state index in [1.54, 1.807) is 0 Å². The highest BCUT2D eigenvalue weighted by atomic mass is 31.1. The van der Waals surface area contributed by atoms with E-state index in [9.17, 15) is 0 Å². The first kappa shape index (κ1) is 8.13. The molecule has 2 atom stereocenters. The summed E-state index contributed by atoms with van der Waals surface area (Å²) in [5, 5.41) is 3.16. The van der Waals surface area contributed by atoms with Crippen LogP contribution in [0.2, 0.25) is 0 Å². The molecule has 0 spiro atoms. The Kier molecular flexibility index (Phi) is 4.12. The van der Waals surface area contributed by atoms with E-state index in [1.165, 1.54) is 5.57 Å². The summed E-state index contributed by atoms with van der Waals surface area (Å²) in [5.74, 6) is 0.537. The van der Waals surface area contributed by atoms with E-state index in [0.29, 0.717) is 5.78 Å². The normalized spacial score (nSPS) is 14.9. The molecule has 1 nitrogen and oxygen atoms in total. The molecule has 0 aromatic carbocycles. The summed E-state index contributed by atoms with van der Waals surface area (Å²) >= 11 is 0. The Morgan fingerprint density at radius 2 is 2.25 bits per heavy atom. The van der Waals surface area contributed by atoms with Crippen molar-refractivity contribution in [3.8, 4) is 0 Å². The molecule has 48 valence electrons. The minimum Gasteiger partial charge on any atom is -0.310 e. The highest BCUT2D eigenvalue weighted by molar-refractivity contribution is 7.38. The fraction of sp³-hybridized carbons (Fsp3) is 0.667. The summed E-state index contributed by atoms with van der Waals surface area (Å²) in [7, 11) is 2.89. The Balaban J connectivity index is 3.52. The zero-order chi connectivity index (χ0) is 6.57. The molecule has 0 aromatic rings. The second kappa shape index (κ2) is 4.05. The standard InChI is InChI=1S/C6H14NP/c1-5(2)6(7-3)8-4/h6-8H,1H2,2-4H3. The molecule has 0 saturated heterocycles. The minimum absolute atomic E-state index is 0.537. The monoisotopic (exact) mass is 131 g/mol. The zero-order valence-corrected chi connectivity index (χ0v) is 6.78. The van der Waals surface area contributed by atoms with Crippen molar-refractivity contribution >= 4 is 8.58 Å². The van der Waals surface area contributed by atoms with Gasteiger partial charge in [0.15, 0.2) is 0 Å². The van der Waals surface area contributed by atoms with E-state index in [2.05, 4.69) is 25.5 Å². The molecule has 0 bridgehead atoms. The highest BCUT2D eigenvalue weighted by Gasteiger charge is 1.99. The second-order valence-corrected chi connectivity index (χ2v) is 3.01. The maximum atomic E-state index is 3.84. The average molecular weight is 131 g/mol. The van der Waals surface area contributed by atoms with Gasteiger partial charge in [-0.1, -0.05) is 12.2 Å². The van der Waals surface area contributed by atoms with Gasteiger partial charge in [0.05, 0.1) is 0 Å². The van der Waals surface area contributed by atoms with Crippen LogP contribution in [0.3, 0.4) is 0 Å². The van der Waals surface area contributed by atoms with Gasteiger partial charge >= 0.3 is 0 Å². The van der Waals surface area contributed by atoms with Gasteiger partial charge in [-0.2, -0.15) is 0 Å². The maximum absolute atomic E-state index is 3.84. The summed E-state index contributed by atoms with van der Waals surface area (Å²) in [6.07, 6.45) is 0. The topological polar surface area (TPSA) is 12.0 Å². The lowest BCUT2D eigenvalue weighted by Crippen LogP contribution is -2.20. The molecule has 0 fully saturated rings. The van der Waals surface area contributed by atoms with Crippen LogP contribution in [0.5, 0.6) is 0 Å². The fourth-order valence-electron chi connectivity index (χ4n) is 0.637. The van der Waals surface area contributed by atoms with Crippen LogP contribution in [0.1, 0.15) is 6.92 Å². The predicted octanol–water partition coefficient (Wildman–Crippen LogP) is 1.42. The molecule has 0 radical (unpaired) electrons. The number of rotatable bonds is 3. The minimum atomic E-state index is 0.537. The molecule has 0 saturated carbocycles. The van der Waals surface area contributed by atoms with Crippen molar-refractivity contribution in [2.75, 3.05) is 13.7 Å². The molecule has 0 aliphatic carbocycles. The van der Waals surface area contributed by atoms with Gasteiger partial charge in [-0.3, -0.25) is 0 Å². The van der Waals surface area contributed by atoms with Crippen LogP contribution in [0.4, 0.5) is 0 Å². The molecule has 8 heavy (non-hydrogen) atoms. The summed E-state index contributed by atoms with van der Waals surface area (Å²) in [6.45, 7) is 8.07. The SMILES string of the molecule is C=C(C)C(NC)PC. The molecule has 0 aromatic heterocycles. The van der Waals surface area contributed by atoms with Crippen molar-refractivity contribution in [2.24, 2.45) is 0 Å². The summed E-state index contributed by atoms with van der Waals surface area (Å²) < 4.78 is 0. The van der Waals surface area contributed by atoms with Gasteiger partial charge in [0.2, 0.25) is 0 Å². The van der Waals surface area contributed by atoms with Gasteiger partial charge in [-0.25, -0.2) is 0 Å². The number of nitrogens with one attached hydrogen (secondary N) is 1. The zero-order valence-electron chi connectivity index (χ0n) is 5.78. The third kappa shape index (κ3) is 2.44. The van der Waals surface area contributed by atoms with Crippen LogP contribution in [0.15, 0.2) is 12.2 Å². The molecule has 1 N–H and O–H groups in total. The lowest BCUT2D eigenvalue weighted by molar-refractivity contribution is 0.825. The fourth-order valence-corrected chi connectivity index (χ4v) is 1.42. The molecule has 0 heterocycles. The Morgan fingerprint density at radius 3 is 2.25 bits per heavy atom. The quantitative estimate of drug-likeness (QED) is 0.451. The third-order valence-electron chi connectivity index (χ3n) is 1.07. The van der Waals surface area contributed by atoms with E-state index in [0.717, 1.165) is 8.58 Å². The first-order valence-electron chi connectivity index (χ1n) is 2.72. The lowest BCUT2D eigenvalue weighted by Gasteiger charge is -2.11. The van der Waals surface area contributed by atoms with Crippen LogP contribution in [0.25, 0.3) is 0 Å². The lowest BCUT2D eigenvalue weighted by atomic mass is 10.3. The summed E-state index contributed by atoms with van der Waals surface area (Å²) in [6, 6.07) is 0. The Bertz CT molecular complexity index is 76.6. The second-order valence-electron chi connectivity index (χ2n) is 1.86. The molecular weight excluding hydrogens is 117 g/mol. The Labute approximate surface area is 53.3 Å². The van der Waals surface area contributed by atoms with Crippen molar-refractivity contribution < 1.29 is 0 Å². The van der Waals surface area contributed by atoms with Crippen molar-refractivity contribution in [1.82, 2.24) is 5.32 Å². The van der Waals surface area contributed by atoms with E-state index >= 15 is 0 Å². The molecule has 0 aliphatic heterocycles. The van der Waals surface area contributed by atoms with Gasteiger partial charge in [0, 0.05) is 5.78 Å². The maximum Gasteiger partial charge on any atom is 0.0441 e. The first-order chi connectivity index (χ1) is 3.72. The summed E-state index contributed by atoms with van der Waals surface area (Å²) in [4.78, 5) is 0. The Hall–Kier alpha value is 0.130. The van der Waals surface area contributed by atoms with Gasteiger partial charge in [0.25, 0.3) is 0 Å². The molecule has 0 rings (SSSR count). The van der Waals surface area contributed by atoms with Crippen molar-refractivity contribution in [3.05, 3.63) is 12.2 Å². The van der Waals surface area contributed by atoms with Crippen LogP contribution in [0, 0.1) is 0 Å². The predicted molar refractivity (Wildman–Crippen MR) is 41.9 cm³/mol. The molecule has 2 unspecified atom stereocenters. The van der Waals surface area contributed by atoms with Crippen molar-refractivity contribution in [2.45, 2.75) is 12.7 Å². The van der Waals surface area contributed by atoms with Crippen molar-refractivity contribution in [1.29, 1.82) is 0 Å². The highest BCUT2D eigenvalue weighted by Crippen LogP contribution is 2.16. The third-order valence-corrected chi connectivity index (χ3v) is 2.43. The van der Waals surface area contributed by atoms with Crippen LogP contribution >= 0.6 is 8.58 Å². The number of hydrogen-bond donors (Lipinski definition) is 1. The van der Waals surface area contributed by atoms with E-state index in [4.69, 9.17) is 0 Å². The van der Waals surface area contributed by atoms with E-state index in [1.807, 2.05) is 7.05 Å². The number of hydrogen-bond acceptors (Lipinski definition) is 1. The van der Waals surface area contributed by atoms with Gasteiger partial charge in [-0.05, 0) is 20.6 Å². The van der Waals surface area contributed by atoms with Crippen molar-refractivity contribution in [3.63, 3.8) is 0 Å². The Morgan fingerprint density at radius 1 is 1.75 bits per heavy atom. The van der Waals surface area contributed by atoms with Gasteiger partial charge in [-0.15, -0.1) is 8.58 Å². The molecule has 0 amide bonds. The molecule has 2 heteroatoms. The first-order valence-corrected chi connectivity index (χ1v) is 4.30. The smallest absolute Gasteiger partial charge is 0.0441 e. The van der Waals surface area contributed by atoms with Crippen LogP contribution in [-0.4, -0.2) is 19.5 Å². The average Bonchev–Trinajstić information content (AvgIpc) is 1.69. The summed E-state index contributed by atoms with van der Waals surface area (Å²) in [5.41, 5.74) is 1.23. The van der Waals surface area contributed by atoms with Crippen LogP contribution in [-0.2, 0) is 0 Å². The van der Waals surface area contributed by atoms with Crippen LogP contribution < -0.4 is 5.32 Å². The largest absolute Gasteiger partial charge is 0.310 e. The molecule has 0 aliphatic rings. The van der Waals surface area contributed by atoms with E-state index < -0.39 is 0 Å². The van der Waals surface area contributed by atoms with Gasteiger partial charge in [0.1, 0.15) is 0 Å².